The van der Waals surface area contributed by atoms with Gasteiger partial charge in [0.15, 0.2) is 0 Å². The van der Waals surface area contributed by atoms with Crippen molar-refractivity contribution < 1.29 is 0 Å². The van der Waals surface area contributed by atoms with Gasteiger partial charge in [-0.05, 0) is 50.4 Å². The highest BCUT2D eigenvalue weighted by molar-refractivity contribution is 6.33. The number of anilines is 1. The summed E-state index contributed by atoms with van der Waals surface area (Å²) in [5.41, 5.74) is 2.52. The monoisotopic (exact) mass is 307 g/mol. The maximum absolute atomic E-state index is 6.47. The molecule has 116 valence electrons. The zero-order chi connectivity index (χ0) is 14.7. The first-order chi connectivity index (χ1) is 10.2. The van der Waals surface area contributed by atoms with E-state index in [-0.39, 0.29) is 0 Å². The second-order valence-corrected chi connectivity index (χ2v) is 6.78. The SMILES string of the molecule is CN(CCN1CCCC1)c1c(Cl)cccc1CNC1CC1. The molecule has 0 radical (unpaired) electrons. The van der Waals surface area contributed by atoms with Gasteiger partial charge in [-0.3, -0.25) is 0 Å². The molecule has 2 fully saturated rings. The van der Waals surface area contributed by atoms with Crippen LogP contribution in [0.25, 0.3) is 0 Å². The molecule has 1 N–H and O–H groups in total. The van der Waals surface area contributed by atoms with E-state index in [1.165, 1.54) is 50.0 Å². The van der Waals surface area contributed by atoms with E-state index in [1.54, 1.807) is 0 Å². The van der Waals surface area contributed by atoms with Crippen LogP contribution in [0.3, 0.4) is 0 Å². The Balaban J connectivity index is 1.63. The van der Waals surface area contributed by atoms with Crippen LogP contribution in [0.2, 0.25) is 5.02 Å². The first-order valence-electron chi connectivity index (χ1n) is 8.18. The summed E-state index contributed by atoms with van der Waals surface area (Å²) >= 11 is 6.47. The van der Waals surface area contributed by atoms with Crippen molar-refractivity contribution in [2.24, 2.45) is 0 Å². The number of likely N-dealkylation sites (N-methyl/N-ethyl adjacent to an activating group) is 1. The van der Waals surface area contributed by atoms with Gasteiger partial charge in [-0.2, -0.15) is 0 Å². The maximum atomic E-state index is 6.47. The average Bonchev–Trinajstić information content (AvgIpc) is 3.16. The molecule has 0 amide bonds. The fourth-order valence-corrected chi connectivity index (χ4v) is 3.42. The van der Waals surface area contributed by atoms with Gasteiger partial charge in [-0.1, -0.05) is 23.7 Å². The van der Waals surface area contributed by atoms with Crippen LogP contribution in [0, 0.1) is 0 Å². The topological polar surface area (TPSA) is 18.5 Å². The number of hydrogen-bond donors (Lipinski definition) is 1. The number of hydrogen-bond acceptors (Lipinski definition) is 3. The molecule has 3 rings (SSSR count). The predicted molar refractivity (Wildman–Crippen MR) is 90.3 cm³/mol. The third kappa shape index (κ3) is 4.12. The van der Waals surface area contributed by atoms with Crippen LogP contribution in [-0.2, 0) is 6.54 Å². The highest BCUT2D eigenvalue weighted by Crippen LogP contribution is 2.30. The summed E-state index contributed by atoms with van der Waals surface area (Å²) in [5.74, 6) is 0. The van der Waals surface area contributed by atoms with Gasteiger partial charge in [0.25, 0.3) is 0 Å². The van der Waals surface area contributed by atoms with Crippen molar-refractivity contribution in [3.63, 3.8) is 0 Å². The first-order valence-corrected chi connectivity index (χ1v) is 8.56. The molecule has 1 aromatic carbocycles. The molecule has 1 saturated heterocycles. The Hall–Kier alpha value is -0.770. The smallest absolute Gasteiger partial charge is 0.0642 e. The zero-order valence-electron chi connectivity index (χ0n) is 12.9. The molecule has 0 atom stereocenters. The zero-order valence-corrected chi connectivity index (χ0v) is 13.7. The number of halogens is 1. The minimum Gasteiger partial charge on any atom is -0.372 e. The highest BCUT2D eigenvalue weighted by atomic mass is 35.5. The molecule has 1 aliphatic heterocycles. The van der Waals surface area contributed by atoms with Gasteiger partial charge in [0.1, 0.15) is 0 Å². The lowest BCUT2D eigenvalue weighted by Gasteiger charge is -2.26. The van der Waals surface area contributed by atoms with Gasteiger partial charge >= 0.3 is 0 Å². The van der Waals surface area contributed by atoms with Gasteiger partial charge < -0.3 is 15.1 Å². The molecule has 0 unspecified atom stereocenters. The van der Waals surface area contributed by atoms with Crippen molar-refractivity contribution in [3.8, 4) is 0 Å². The van der Waals surface area contributed by atoms with Crippen LogP contribution >= 0.6 is 11.6 Å². The van der Waals surface area contributed by atoms with E-state index in [1.807, 2.05) is 6.07 Å². The number of nitrogens with zero attached hydrogens (tertiary/aromatic N) is 2. The van der Waals surface area contributed by atoms with Gasteiger partial charge in [0, 0.05) is 32.7 Å². The van der Waals surface area contributed by atoms with Crippen molar-refractivity contribution >= 4 is 17.3 Å². The molecule has 0 bridgehead atoms. The fraction of sp³-hybridized carbons (Fsp3) is 0.647. The fourth-order valence-electron chi connectivity index (χ4n) is 3.08. The average molecular weight is 308 g/mol. The summed E-state index contributed by atoms with van der Waals surface area (Å²) < 4.78 is 0. The molecular weight excluding hydrogens is 282 g/mol. The number of para-hydroxylation sites is 1. The van der Waals surface area contributed by atoms with Crippen LogP contribution < -0.4 is 10.2 Å². The summed E-state index contributed by atoms with van der Waals surface area (Å²) in [7, 11) is 2.16. The van der Waals surface area contributed by atoms with Crippen LogP contribution in [0.5, 0.6) is 0 Å². The van der Waals surface area contributed by atoms with E-state index >= 15 is 0 Å². The summed E-state index contributed by atoms with van der Waals surface area (Å²) in [6.45, 7) is 5.62. The van der Waals surface area contributed by atoms with Crippen molar-refractivity contribution in [2.75, 3.05) is 38.1 Å². The van der Waals surface area contributed by atoms with Gasteiger partial charge in [-0.25, -0.2) is 0 Å². The van der Waals surface area contributed by atoms with Crippen LogP contribution in [0.15, 0.2) is 18.2 Å². The molecule has 0 aromatic heterocycles. The number of likely N-dealkylation sites (tertiary alicyclic amines) is 1. The Morgan fingerprint density at radius 1 is 1.29 bits per heavy atom. The van der Waals surface area contributed by atoms with E-state index < -0.39 is 0 Å². The normalized spacial score (nSPS) is 19.1. The number of benzene rings is 1. The van der Waals surface area contributed by atoms with Gasteiger partial charge in [0.05, 0.1) is 10.7 Å². The number of nitrogens with one attached hydrogen (secondary N) is 1. The Kier molecular flexibility index (Phi) is 5.04. The van der Waals surface area contributed by atoms with Crippen molar-refractivity contribution in [1.82, 2.24) is 10.2 Å². The van der Waals surface area contributed by atoms with Crippen LogP contribution in [0.4, 0.5) is 5.69 Å². The minimum absolute atomic E-state index is 0.728. The van der Waals surface area contributed by atoms with E-state index in [9.17, 15) is 0 Å². The molecule has 4 heteroatoms. The molecule has 1 aliphatic carbocycles. The largest absolute Gasteiger partial charge is 0.372 e. The van der Waals surface area contributed by atoms with Crippen molar-refractivity contribution in [1.29, 1.82) is 0 Å². The minimum atomic E-state index is 0.728. The standard InChI is InChI=1S/C17H26ClN3/c1-20(11-12-21-9-2-3-10-21)17-14(5-4-6-16(17)18)13-19-15-7-8-15/h4-6,15,19H,2-3,7-13H2,1H3. The maximum Gasteiger partial charge on any atom is 0.0642 e. The third-order valence-corrected chi connectivity index (χ3v) is 4.87. The molecule has 0 spiro atoms. The van der Waals surface area contributed by atoms with Gasteiger partial charge in [-0.15, -0.1) is 0 Å². The number of rotatable bonds is 7. The predicted octanol–water partition coefficient (Wildman–Crippen LogP) is 3.12. The summed E-state index contributed by atoms with van der Waals surface area (Å²) in [4.78, 5) is 4.88. The van der Waals surface area contributed by atoms with E-state index in [0.717, 1.165) is 30.7 Å². The Bertz CT molecular complexity index is 467. The molecule has 1 heterocycles. The molecule has 2 aliphatic rings. The summed E-state index contributed by atoms with van der Waals surface area (Å²) in [6.07, 6.45) is 5.35. The molecular formula is C17H26ClN3. The second-order valence-electron chi connectivity index (χ2n) is 6.37. The van der Waals surface area contributed by atoms with Crippen LogP contribution in [0.1, 0.15) is 31.2 Å². The third-order valence-electron chi connectivity index (χ3n) is 4.56. The van der Waals surface area contributed by atoms with Crippen molar-refractivity contribution in [2.45, 2.75) is 38.3 Å². The molecule has 1 aromatic rings. The lowest BCUT2D eigenvalue weighted by molar-refractivity contribution is 0.346. The Morgan fingerprint density at radius 2 is 2.05 bits per heavy atom. The second kappa shape index (κ2) is 6.99. The Morgan fingerprint density at radius 3 is 2.76 bits per heavy atom. The highest BCUT2D eigenvalue weighted by Gasteiger charge is 2.21. The van der Waals surface area contributed by atoms with E-state index in [0.29, 0.717) is 0 Å². The molecule has 21 heavy (non-hydrogen) atoms. The summed E-state index contributed by atoms with van der Waals surface area (Å²) in [6, 6.07) is 6.99. The van der Waals surface area contributed by atoms with E-state index in [2.05, 4.69) is 34.3 Å². The molecule has 1 saturated carbocycles. The first kappa shape index (κ1) is 15.1. The lowest BCUT2D eigenvalue weighted by Crippen LogP contribution is -2.32. The molecule has 3 nitrogen and oxygen atoms in total. The lowest BCUT2D eigenvalue weighted by atomic mass is 10.1. The van der Waals surface area contributed by atoms with E-state index in [4.69, 9.17) is 11.6 Å². The quantitative estimate of drug-likeness (QED) is 0.835. The van der Waals surface area contributed by atoms with Crippen molar-refractivity contribution in [3.05, 3.63) is 28.8 Å². The Labute approximate surface area is 133 Å². The van der Waals surface area contributed by atoms with Gasteiger partial charge in [0.2, 0.25) is 0 Å². The van der Waals surface area contributed by atoms with Crippen LogP contribution in [-0.4, -0.2) is 44.2 Å². The summed E-state index contributed by atoms with van der Waals surface area (Å²) in [5, 5.41) is 4.47.